The quantitative estimate of drug-likeness (QED) is 0.879. The Hall–Kier alpha value is -1.97. The molecule has 1 aromatic heterocycles. The number of anilines is 1. The van der Waals surface area contributed by atoms with Crippen LogP contribution in [-0.2, 0) is 6.42 Å². The molecule has 4 heteroatoms. The zero-order valence-corrected chi connectivity index (χ0v) is 10.2. The molecule has 4 nitrogen and oxygen atoms in total. The number of aromatic nitrogens is 2. The highest BCUT2D eigenvalue weighted by molar-refractivity contribution is 5.44. The Labute approximate surface area is 101 Å². The molecule has 0 aliphatic carbocycles. The van der Waals surface area contributed by atoms with E-state index >= 15 is 0 Å². The van der Waals surface area contributed by atoms with Crippen LogP contribution in [0.1, 0.15) is 19.5 Å². The van der Waals surface area contributed by atoms with Crippen molar-refractivity contribution in [3.8, 4) is 11.4 Å². The van der Waals surface area contributed by atoms with E-state index in [1.165, 1.54) is 0 Å². The Morgan fingerprint density at radius 3 is 2.47 bits per heavy atom. The smallest absolute Gasteiger partial charge is 0.127 e. The fourth-order valence-electron chi connectivity index (χ4n) is 1.68. The van der Waals surface area contributed by atoms with Crippen LogP contribution in [0.4, 0.5) is 5.82 Å². The predicted octanol–water partition coefficient (Wildman–Crippen LogP) is 2.42. The summed E-state index contributed by atoms with van der Waals surface area (Å²) in [5.41, 5.74) is 7.86. The lowest BCUT2D eigenvalue weighted by molar-refractivity contribution is 0.340. The summed E-state index contributed by atoms with van der Waals surface area (Å²) in [6.45, 7) is 4.69. The van der Waals surface area contributed by atoms with E-state index in [1.54, 1.807) is 4.68 Å². The highest BCUT2D eigenvalue weighted by Gasteiger charge is 2.05. The highest BCUT2D eigenvalue weighted by atomic mass is 16.5. The Bertz CT molecular complexity index is 488. The molecular formula is C13H17N3O. The van der Waals surface area contributed by atoms with Crippen molar-refractivity contribution in [2.45, 2.75) is 20.3 Å². The van der Waals surface area contributed by atoms with Gasteiger partial charge in [0.05, 0.1) is 18.0 Å². The molecule has 0 fully saturated rings. The van der Waals surface area contributed by atoms with Crippen LogP contribution in [0.15, 0.2) is 30.3 Å². The number of nitrogens with two attached hydrogens (primary N) is 1. The molecule has 2 rings (SSSR count). The van der Waals surface area contributed by atoms with Crippen molar-refractivity contribution in [3.05, 3.63) is 36.0 Å². The van der Waals surface area contributed by atoms with Crippen LogP contribution in [0.25, 0.3) is 5.69 Å². The van der Waals surface area contributed by atoms with Gasteiger partial charge in [0.25, 0.3) is 0 Å². The number of aryl methyl sites for hydroxylation is 1. The van der Waals surface area contributed by atoms with Crippen LogP contribution in [0.3, 0.4) is 0 Å². The highest BCUT2D eigenvalue weighted by Crippen LogP contribution is 2.18. The van der Waals surface area contributed by atoms with Crippen LogP contribution in [0.2, 0.25) is 0 Å². The van der Waals surface area contributed by atoms with Crippen molar-refractivity contribution in [2.75, 3.05) is 12.3 Å². The van der Waals surface area contributed by atoms with Gasteiger partial charge < -0.3 is 10.5 Å². The summed E-state index contributed by atoms with van der Waals surface area (Å²) in [6.07, 6.45) is 0.883. The Kier molecular flexibility index (Phi) is 3.32. The minimum Gasteiger partial charge on any atom is -0.494 e. The topological polar surface area (TPSA) is 53.1 Å². The van der Waals surface area contributed by atoms with Crippen LogP contribution in [0.5, 0.6) is 5.75 Å². The molecule has 90 valence electrons. The van der Waals surface area contributed by atoms with E-state index in [2.05, 4.69) is 12.0 Å². The third kappa shape index (κ3) is 2.41. The molecule has 0 bridgehead atoms. The van der Waals surface area contributed by atoms with Gasteiger partial charge in [-0.05, 0) is 37.6 Å². The lowest BCUT2D eigenvalue weighted by Gasteiger charge is -2.06. The van der Waals surface area contributed by atoms with Gasteiger partial charge in [-0.15, -0.1) is 0 Å². The van der Waals surface area contributed by atoms with Gasteiger partial charge in [0, 0.05) is 6.07 Å². The van der Waals surface area contributed by atoms with E-state index in [-0.39, 0.29) is 0 Å². The van der Waals surface area contributed by atoms with E-state index in [9.17, 15) is 0 Å². The number of rotatable bonds is 4. The second kappa shape index (κ2) is 4.91. The minimum absolute atomic E-state index is 0.658. The van der Waals surface area contributed by atoms with Gasteiger partial charge in [-0.3, -0.25) is 0 Å². The van der Waals surface area contributed by atoms with Gasteiger partial charge in [-0.2, -0.15) is 5.10 Å². The van der Waals surface area contributed by atoms with Gasteiger partial charge >= 0.3 is 0 Å². The summed E-state index contributed by atoms with van der Waals surface area (Å²) in [7, 11) is 0. The maximum atomic E-state index is 5.91. The maximum Gasteiger partial charge on any atom is 0.127 e. The van der Waals surface area contributed by atoms with Crippen LogP contribution < -0.4 is 10.5 Å². The SMILES string of the molecule is CCOc1ccc(-n2nc(CC)cc2N)cc1. The minimum atomic E-state index is 0.658. The number of ether oxygens (including phenoxy) is 1. The molecule has 0 saturated heterocycles. The zero-order valence-electron chi connectivity index (χ0n) is 10.2. The number of nitrogen functional groups attached to an aromatic ring is 1. The van der Waals surface area contributed by atoms with Gasteiger partial charge in [-0.1, -0.05) is 6.92 Å². The van der Waals surface area contributed by atoms with Crippen molar-refractivity contribution in [1.82, 2.24) is 9.78 Å². The first-order chi connectivity index (χ1) is 8.24. The van der Waals surface area contributed by atoms with E-state index < -0.39 is 0 Å². The monoisotopic (exact) mass is 231 g/mol. The predicted molar refractivity (Wildman–Crippen MR) is 68.5 cm³/mol. The van der Waals surface area contributed by atoms with Gasteiger partial charge in [0.2, 0.25) is 0 Å². The Balaban J connectivity index is 2.29. The number of benzene rings is 1. The fourth-order valence-corrected chi connectivity index (χ4v) is 1.68. The van der Waals surface area contributed by atoms with Crippen molar-refractivity contribution in [2.24, 2.45) is 0 Å². The summed E-state index contributed by atoms with van der Waals surface area (Å²) < 4.78 is 7.14. The molecule has 0 saturated carbocycles. The molecule has 0 amide bonds. The van der Waals surface area contributed by atoms with Crippen molar-refractivity contribution in [1.29, 1.82) is 0 Å². The van der Waals surface area contributed by atoms with Crippen LogP contribution in [0, 0.1) is 0 Å². The lowest BCUT2D eigenvalue weighted by atomic mass is 10.3. The largest absolute Gasteiger partial charge is 0.494 e. The molecule has 0 aliphatic heterocycles. The van der Waals surface area contributed by atoms with Crippen LogP contribution >= 0.6 is 0 Å². The third-order valence-electron chi connectivity index (χ3n) is 2.54. The summed E-state index contributed by atoms with van der Waals surface area (Å²) >= 11 is 0. The standard InChI is InChI=1S/C13H17N3O/c1-3-10-9-13(14)16(15-10)11-5-7-12(8-6-11)17-4-2/h5-9H,3-4,14H2,1-2H3. The summed E-state index contributed by atoms with van der Waals surface area (Å²) in [5, 5.41) is 4.43. The maximum absolute atomic E-state index is 5.91. The average molecular weight is 231 g/mol. The lowest BCUT2D eigenvalue weighted by Crippen LogP contribution is -2.02. The second-order valence-electron chi connectivity index (χ2n) is 3.75. The summed E-state index contributed by atoms with van der Waals surface area (Å²) in [6, 6.07) is 9.65. The fraction of sp³-hybridized carbons (Fsp3) is 0.308. The van der Waals surface area contributed by atoms with Crippen molar-refractivity contribution < 1.29 is 4.74 Å². The first kappa shape index (κ1) is 11.5. The normalized spacial score (nSPS) is 10.5. The first-order valence-corrected chi connectivity index (χ1v) is 5.82. The Morgan fingerprint density at radius 1 is 1.24 bits per heavy atom. The van der Waals surface area contributed by atoms with Gasteiger partial charge in [0.1, 0.15) is 11.6 Å². The van der Waals surface area contributed by atoms with Crippen molar-refractivity contribution in [3.63, 3.8) is 0 Å². The van der Waals surface area contributed by atoms with E-state index in [0.29, 0.717) is 12.4 Å². The Morgan fingerprint density at radius 2 is 1.94 bits per heavy atom. The third-order valence-corrected chi connectivity index (χ3v) is 2.54. The van der Waals surface area contributed by atoms with E-state index in [1.807, 2.05) is 37.3 Å². The molecule has 1 heterocycles. The second-order valence-corrected chi connectivity index (χ2v) is 3.75. The number of nitrogens with zero attached hydrogens (tertiary/aromatic N) is 2. The molecule has 2 aromatic rings. The number of hydrogen-bond acceptors (Lipinski definition) is 3. The molecular weight excluding hydrogens is 214 g/mol. The molecule has 0 aliphatic rings. The van der Waals surface area contributed by atoms with E-state index in [0.717, 1.165) is 23.6 Å². The molecule has 0 radical (unpaired) electrons. The van der Waals surface area contributed by atoms with Crippen LogP contribution in [-0.4, -0.2) is 16.4 Å². The number of hydrogen-bond donors (Lipinski definition) is 1. The first-order valence-electron chi connectivity index (χ1n) is 5.82. The molecule has 0 atom stereocenters. The van der Waals surface area contributed by atoms with E-state index in [4.69, 9.17) is 10.5 Å². The summed E-state index contributed by atoms with van der Waals surface area (Å²) in [4.78, 5) is 0. The van der Waals surface area contributed by atoms with Gasteiger partial charge in [-0.25, -0.2) is 4.68 Å². The average Bonchev–Trinajstić information content (AvgIpc) is 2.72. The molecule has 17 heavy (non-hydrogen) atoms. The molecule has 2 N–H and O–H groups in total. The van der Waals surface area contributed by atoms with Gasteiger partial charge in [0.15, 0.2) is 0 Å². The summed E-state index contributed by atoms with van der Waals surface area (Å²) in [5.74, 6) is 1.52. The van der Waals surface area contributed by atoms with Crippen molar-refractivity contribution >= 4 is 5.82 Å². The molecule has 0 spiro atoms. The molecule has 1 aromatic carbocycles. The molecule has 0 unspecified atom stereocenters. The zero-order chi connectivity index (χ0) is 12.3.